The smallest absolute Gasteiger partial charge is 0.494 e. The van der Waals surface area contributed by atoms with Gasteiger partial charge in [-0.3, -0.25) is 4.79 Å². The summed E-state index contributed by atoms with van der Waals surface area (Å²) in [5, 5.41) is 3.98. The highest BCUT2D eigenvalue weighted by Crippen LogP contribution is 2.36. The molecule has 11 heteroatoms. The molecule has 0 spiro atoms. The van der Waals surface area contributed by atoms with E-state index in [4.69, 9.17) is 9.47 Å². The Bertz CT molecular complexity index is 1670. The summed E-state index contributed by atoms with van der Waals surface area (Å²) in [6.45, 7) is 2.78. The lowest BCUT2D eigenvalue weighted by Crippen LogP contribution is -2.28. The van der Waals surface area contributed by atoms with Crippen molar-refractivity contribution in [3.05, 3.63) is 102 Å². The molecule has 0 aromatic heterocycles. The molecule has 0 aliphatic carbocycles. The summed E-state index contributed by atoms with van der Waals surface area (Å²) in [6.07, 6.45) is 3.09. The molecule has 0 bridgehead atoms. The third-order valence-corrected chi connectivity index (χ3v) is 8.25. The van der Waals surface area contributed by atoms with Gasteiger partial charge in [0.2, 0.25) is 0 Å². The molecule has 0 radical (unpaired) electrons. The zero-order chi connectivity index (χ0) is 30.5. The lowest BCUT2D eigenvalue weighted by Gasteiger charge is -2.22. The largest absolute Gasteiger partial charge is 0.534 e. The van der Waals surface area contributed by atoms with E-state index in [2.05, 4.69) is 9.50 Å². The SMILES string of the molecule is O=C(c1ccc(OCCC2CCNCC2)cc1)c1c(OS(=O)(=O)C(F)(F)F)ccc2cc(OCc3ccccc3)ccc12. The second-order valence-corrected chi connectivity index (χ2v) is 11.8. The average Bonchev–Trinajstić information content (AvgIpc) is 3.00. The van der Waals surface area contributed by atoms with E-state index in [9.17, 15) is 26.4 Å². The van der Waals surface area contributed by atoms with E-state index in [1.54, 1.807) is 24.3 Å². The van der Waals surface area contributed by atoms with Crippen molar-refractivity contribution in [1.82, 2.24) is 5.32 Å². The highest BCUT2D eigenvalue weighted by Gasteiger charge is 2.49. The van der Waals surface area contributed by atoms with Gasteiger partial charge in [-0.05, 0) is 103 Å². The minimum absolute atomic E-state index is 0.122. The molecular weight excluding hydrogens is 583 g/mol. The van der Waals surface area contributed by atoms with Crippen LogP contribution in [-0.2, 0) is 16.7 Å². The van der Waals surface area contributed by atoms with Crippen LogP contribution < -0.4 is 19.0 Å². The van der Waals surface area contributed by atoms with Crippen molar-refractivity contribution in [3.63, 3.8) is 0 Å². The highest BCUT2D eigenvalue weighted by atomic mass is 32.2. The molecule has 226 valence electrons. The number of hydrogen-bond acceptors (Lipinski definition) is 7. The third-order valence-electron chi connectivity index (χ3n) is 7.28. The average molecular weight is 614 g/mol. The number of ketones is 1. The van der Waals surface area contributed by atoms with Gasteiger partial charge < -0.3 is 19.0 Å². The van der Waals surface area contributed by atoms with Gasteiger partial charge in [0.1, 0.15) is 18.1 Å². The van der Waals surface area contributed by atoms with Crippen molar-refractivity contribution in [3.8, 4) is 17.2 Å². The molecule has 1 N–H and O–H groups in total. The van der Waals surface area contributed by atoms with Crippen molar-refractivity contribution >= 4 is 26.7 Å². The Balaban J connectivity index is 1.41. The Morgan fingerprint density at radius 3 is 2.26 bits per heavy atom. The molecule has 0 saturated carbocycles. The van der Waals surface area contributed by atoms with Crippen molar-refractivity contribution in [2.24, 2.45) is 5.92 Å². The van der Waals surface area contributed by atoms with Crippen molar-refractivity contribution in [2.75, 3.05) is 19.7 Å². The maximum atomic E-state index is 13.7. The van der Waals surface area contributed by atoms with Gasteiger partial charge in [0.25, 0.3) is 0 Å². The fourth-order valence-corrected chi connectivity index (χ4v) is 5.42. The Kier molecular flexibility index (Phi) is 9.22. The van der Waals surface area contributed by atoms with Gasteiger partial charge in [0.05, 0.1) is 12.2 Å². The van der Waals surface area contributed by atoms with Crippen LogP contribution in [0.2, 0.25) is 0 Å². The molecule has 1 aliphatic heterocycles. The van der Waals surface area contributed by atoms with E-state index in [1.165, 1.54) is 24.3 Å². The van der Waals surface area contributed by atoms with Gasteiger partial charge in [-0.15, -0.1) is 0 Å². The Morgan fingerprint density at radius 1 is 0.860 bits per heavy atom. The number of nitrogens with one attached hydrogen (secondary N) is 1. The van der Waals surface area contributed by atoms with Crippen molar-refractivity contribution in [2.45, 2.75) is 31.4 Å². The molecule has 1 aliphatic rings. The summed E-state index contributed by atoms with van der Waals surface area (Å²) in [7, 11) is -6.03. The maximum absolute atomic E-state index is 13.7. The van der Waals surface area contributed by atoms with E-state index in [0.717, 1.165) is 44.0 Å². The predicted octanol–water partition coefficient (Wildman–Crippen LogP) is 6.65. The first-order valence-electron chi connectivity index (χ1n) is 13.8. The fraction of sp³-hybridized carbons (Fsp3) is 0.281. The predicted molar refractivity (Wildman–Crippen MR) is 156 cm³/mol. The van der Waals surface area contributed by atoms with Crippen LogP contribution in [0.5, 0.6) is 17.2 Å². The van der Waals surface area contributed by atoms with Crippen LogP contribution in [-0.4, -0.2) is 39.4 Å². The van der Waals surface area contributed by atoms with Gasteiger partial charge >= 0.3 is 15.6 Å². The van der Waals surface area contributed by atoms with E-state index in [1.807, 2.05) is 30.3 Å². The highest BCUT2D eigenvalue weighted by molar-refractivity contribution is 7.88. The summed E-state index contributed by atoms with van der Waals surface area (Å²) in [6, 6.07) is 22.7. The molecule has 5 rings (SSSR count). The van der Waals surface area contributed by atoms with Crippen LogP contribution in [0.1, 0.15) is 40.7 Å². The summed E-state index contributed by atoms with van der Waals surface area (Å²) in [5.74, 6) is 0.147. The number of benzene rings is 4. The monoisotopic (exact) mass is 613 g/mol. The first kappa shape index (κ1) is 30.4. The number of piperidine rings is 1. The second kappa shape index (κ2) is 13.0. The number of fused-ring (bicyclic) bond motifs is 1. The fourth-order valence-electron chi connectivity index (χ4n) is 4.95. The van der Waals surface area contributed by atoms with E-state index in [0.29, 0.717) is 29.4 Å². The van der Waals surface area contributed by atoms with Gasteiger partial charge in [-0.2, -0.15) is 21.6 Å². The van der Waals surface area contributed by atoms with Crippen LogP contribution in [0.3, 0.4) is 0 Å². The first-order valence-corrected chi connectivity index (χ1v) is 15.2. The Morgan fingerprint density at radius 2 is 1.56 bits per heavy atom. The Hall–Kier alpha value is -4.09. The van der Waals surface area contributed by atoms with Crippen molar-refractivity contribution < 1.29 is 40.0 Å². The minimum Gasteiger partial charge on any atom is -0.494 e. The number of ether oxygens (including phenoxy) is 2. The molecular formula is C32H30F3NO6S. The number of carbonyl (C=O) groups is 1. The summed E-state index contributed by atoms with van der Waals surface area (Å²) >= 11 is 0. The zero-order valence-electron chi connectivity index (χ0n) is 23.1. The number of carbonyl (C=O) groups excluding carboxylic acids is 1. The number of hydrogen-bond donors (Lipinski definition) is 1. The molecule has 0 atom stereocenters. The van der Waals surface area contributed by atoms with Gasteiger partial charge in [-0.1, -0.05) is 36.4 Å². The van der Waals surface area contributed by atoms with Crippen LogP contribution >= 0.6 is 0 Å². The molecule has 0 unspecified atom stereocenters. The quantitative estimate of drug-likeness (QED) is 0.115. The molecule has 4 aromatic carbocycles. The van der Waals surface area contributed by atoms with Crippen LogP contribution in [0.15, 0.2) is 84.9 Å². The Labute approximate surface area is 247 Å². The molecule has 1 saturated heterocycles. The standard InChI is InChI=1S/C32H30F3NO6S/c33-32(34,35)43(38,39)42-29-13-8-25-20-27(41-21-23-4-2-1-3-5-23)11-12-28(25)30(29)31(37)24-6-9-26(10-7-24)40-19-16-22-14-17-36-18-15-22/h1-13,20,22,36H,14-19,21H2. The molecule has 7 nitrogen and oxygen atoms in total. The van der Waals surface area contributed by atoms with Crippen molar-refractivity contribution in [1.29, 1.82) is 0 Å². The molecule has 1 heterocycles. The third kappa shape index (κ3) is 7.47. The normalized spacial score (nSPS) is 14.4. The summed E-state index contributed by atoms with van der Waals surface area (Å²) in [5.41, 5.74) is -4.94. The summed E-state index contributed by atoms with van der Waals surface area (Å²) in [4.78, 5) is 13.7. The van der Waals surface area contributed by atoms with E-state index >= 15 is 0 Å². The first-order chi connectivity index (χ1) is 20.6. The van der Waals surface area contributed by atoms with Gasteiger partial charge in [-0.25, -0.2) is 0 Å². The van der Waals surface area contributed by atoms with Crippen LogP contribution in [0, 0.1) is 5.92 Å². The lowest BCUT2D eigenvalue weighted by atomic mass is 9.95. The van der Waals surface area contributed by atoms with E-state index < -0.39 is 27.2 Å². The van der Waals surface area contributed by atoms with Gasteiger partial charge in [0.15, 0.2) is 11.5 Å². The number of alkyl halides is 3. The topological polar surface area (TPSA) is 90.9 Å². The number of halogens is 3. The molecule has 4 aromatic rings. The maximum Gasteiger partial charge on any atom is 0.534 e. The van der Waals surface area contributed by atoms with Crippen LogP contribution in [0.25, 0.3) is 10.8 Å². The lowest BCUT2D eigenvalue weighted by molar-refractivity contribution is -0.0500. The van der Waals surface area contributed by atoms with Crippen LogP contribution in [0.4, 0.5) is 13.2 Å². The molecule has 43 heavy (non-hydrogen) atoms. The molecule has 0 amide bonds. The minimum atomic E-state index is -6.03. The number of rotatable bonds is 11. The molecule has 1 fully saturated rings. The second-order valence-electron chi connectivity index (χ2n) is 10.3. The van der Waals surface area contributed by atoms with Gasteiger partial charge in [0, 0.05) is 5.56 Å². The zero-order valence-corrected chi connectivity index (χ0v) is 23.9. The summed E-state index contributed by atoms with van der Waals surface area (Å²) < 4.78 is 79.6. The van der Waals surface area contributed by atoms with E-state index in [-0.39, 0.29) is 23.1 Å².